The molecule has 2 aromatic carbocycles. The Kier molecular flexibility index (Phi) is 4.72. The van der Waals surface area contributed by atoms with E-state index in [2.05, 4.69) is 15.9 Å². The van der Waals surface area contributed by atoms with E-state index in [4.69, 9.17) is 10.00 Å². The van der Waals surface area contributed by atoms with Crippen LogP contribution in [0.25, 0.3) is 0 Å². The van der Waals surface area contributed by atoms with Gasteiger partial charge >= 0.3 is 0 Å². The Morgan fingerprint density at radius 1 is 1.25 bits per heavy atom. The molecule has 2 rings (SSSR count). The first-order chi connectivity index (χ1) is 9.60. The van der Waals surface area contributed by atoms with E-state index >= 15 is 0 Å². The number of ether oxygens (including phenoxy) is 1. The summed E-state index contributed by atoms with van der Waals surface area (Å²) in [5.41, 5.74) is 1.13. The van der Waals surface area contributed by atoms with Gasteiger partial charge < -0.3 is 9.84 Å². The van der Waals surface area contributed by atoms with E-state index in [1.807, 2.05) is 6.07 Å². The largest absolute Gasteiger partial charge is 0.487 e. The van der Waals surface area contributed by atoms with Gasteiger partial charge in [0.2, 0.25) is 0 Å². The smallest absolute Gasteiger partial charge is 0.166 e. The third kappa shape index (κ3) is 3.56. The van der Waals surface area contributed by atoms with E-state index in [1.54, 1.807) is 30.3 Å². The Morgan fingerprint density at radius 2 is 1.95 bits per heavy atom. The molecule has 0 saturated carbocycles. The SMILES string of the molecule is N#Cc1ccc(C(O)COc2ccc(Br)cc2F)cc1. The minimum atomic E-state index is -0.884. The highest BCUT2D eigenvalue weighted by Crippen LogP contribution is 2.23. The van der Waals surface area contributed by atoms with Gasteiger partial charge in [-0.05, 0) is 35.9 Å². The lowest BCUT2D eigenvalue weighted by molar-refractivity contribution is 0.106. The van der Waals surface area contributed by atoms with Crippen molar-refractivity contribution in [2.24, 2.45) is 0 Å². The zero-order chi connectivity index (χ0) is 14.5. The number of nitriles is 1. The van der Waals surface area contributed by atoms with Gasteiger partial charge in [0.25, 0.3) is 0 Å². The first-order valence-electron chi connectivity index (χ1n) is 5.86. The zero-order valence-corrected chi connectivity index (χ0v) is 12.0. The molecule has 0 heterocycles. The van der Waals surface area contributed by atoms with E-state index in [-0.39, 0.29) is 12.4 Å². The summed E-state index contributed by atoms with van der Waals surface area (Å²) in [6, 6.07) is 12.9. The second-order valence-electron chi connectivity index (χ2n) is 4.14. The Labute approximate surface area is 124 Å². The van der Waals surface area contributed by atoms with E-state index in [0.29, 0.717) is 15.6 Å². The van der Waals surface area contributed by atoms with E-state index < -0.39 is 11.9 Å². The lowest BCUT2D eigenvalue weighted by Crippen LogP contribution is -2.10. The predicted molar refractivity (Wildman–Crippen MR) is 75.7 cm³/mol. The molecule has 0 spiro atoms. The molecule has 0 aliphatic heterocycles. The molecule has 0 aromatic heterocycles. The molecule has 3 nitrogen and oxygen atoms in total. The highest BCUT2D eigenvalue weighted by atomic mass is 79.9. The Balaban J connectivity index is 2.00. The average Bonchev–Trinajstić information content (AvgIpc) is 2.46. The number of hydrogen-bond acceptors (Lipinski definition) is 3. The number of benzene rings is 2. The molecule has 2 aromatic rings. The number of rotatable bonds is 4. The zero-order valence-electron chi connectivity index (χ0n) is 10.4. The molecule has 0 saturated heterocycles. The van der Waals surface area contributed by atoms with Crippen molar-refractivity contribution in [3.63, 3.8) is 0 Å². The summed E-state index contributed by atoms with van der Waals surface area (Å²) in [6.07, 6.45) is -0.884. The van der Waals surface area contributed by atoms with Crippen molar-refractivity contribution in [3.8, 4) is 11.8 Å². The van der Waals surface area contributed by atoms with Gasteiger partial charge in [0.05, 0.1) is 11.6 Å². The van der Waals surface area contributed by atoms with Crippen molar-refractivity contribution in [3.05, 3.63) is 63.9 Å². The maximum Gasteiger partial charge on any atom is 0.166 e. The summed E-state index contributed by atoms with van der Waals surface area (Å²) < 4.78 is 19.4. The van der Waals surface area contributed by atoms with Crippen LogP contribution in [0.3, 0.4) is 0 Å². The van der Waals surface area contributed by atoms with Gasteiger partial charge in [0.15, 0.2) is 11.6 Å². The van der Waals surface area contributed by atoms with Crippen molar-refractivity contribution in [2.45, 2.75) is 6.10 Å². The van der Waals surface area contributed by atoms with Crippen LogP contribution in [0.5, 0.6) is 5.75 Å². The lowest BCUT2D eigenvalue weighted by Gasteiger charge is -2.13. The van der Waals surface area contributed by atoms with Crippen molar-refractivity contribution >= 4 is 15.9 Å². The summed E-state index contributed by atoms with van der Waals surface area (Å²) in [5.74, 6) is -0.410. The molecular weight excluding hydrogens is 325 g/mol. The maximum absolute atomic E-state index is 13.5. The monoisotopic (exact) mass is 335 g/mol. The van der Waals surface area contributed by atoms with Gasteiger partial charge in [-0.2, -0.15) is 5.26 Å². The van der Waals surface area contributed by atoms with Crippen LogP contribution in [0.4, 0.5) is 4.39 Å². The summed E-state index contributed by atoms with van der Waals surface area (Å²) in [7, 11) is 0. The second-order valence-corrected chi connectivity index (χ2v) is 5.05. The summed E-state index contributed by atoms with van der Waals surface area (Å²) in [6.45, 7) is -0.0650. The van der Waals surface area contributed by atoms with Crippen LogP contribution in [0.1, 0.15) is 17.2 Å². The molecule has 0 amide bonds. The topological polar surface area (TPSA) is 53.2 Å². The van der Waals surface area contributed by atoms with Crippen LogP contribution in [0.2, 0.25) is 0 Å². The molecule has 0 aliphatic carbocycles. The maximum atomic E-state index is 13.5. The quantitative estimate of drug-likeness (QED) is 0.929. The molecule has 20 heavy (non-hydrogen) atoms. The van der Waals surface area contributed by atoms with Gasteiger partial charge in [0.1, 0.15) is 12.7 Å². The van der Waals surface area contributed by atoms with Crippen LogP contribution in [-0.4, -0.2) is 11.7 Å². The Bertz CT molecular complexity index is 637. The van der Waals surface area contributed by atoms with Crippen molar-refractivity contribution in [1.29, 1.82) is 5.26 Å². The minimum Gasteiger partial charge on any atom is -0.487 e. The molecule has 0 aliphatic rings. The number of hydrogen-bond donors (Lipinski definition) is 1. The van der Waals surface area contributed by atoms with Gasteiger partial charge in [-0.1, -0.05) is 28.1 Å². The van der Waals surface area contributed by atoms with E-state index in [1.165, 1.54) is 12.1 Å². The second kappa shape index (κ2) is 6.51. The number of aliphatic hydroxyl groups excluding tert-OH is 1. The molecule has 0 fully saturated rings. The van der Waals surface area contributed by atoms with Gasteiger partial charge in [-0.3, -0.25) is 0 Å². The molecule has 0 radical (unpaired) electrons. The standard InChI is InChI=1S/C15H11BrFNO2/c16-12-5-6-15(13(17)7-12)20-9-14(19)11-3-1-10(8-18)2-4-11/h1-7,14,19H,9H2. The fraction of sp³-hybridized carbons (Fsp3) is 0.133. The molecule has 5 heteroatoms. The number of aliphatic hydroxyl groups is 1. The van der Waals surface area contributed by atoms with Crippen LogP contribution < -0.4 is 4.74 Å². The van der Waals surface area contributed by atoms with Crippen LogP contribution in [0.15, 0.2) is 46.9 Å². The van der Waals surface area contributed by atoms with Crippen LogP contribution in [0, 0.1) is 17.1 Å². The van der Waals surface area contributed by atoms with Crippen molar-refractivity contribution < 1.29 is 14.2 Å². The fourth-order valence-electron chi connectivity index (χ4n) is 1.64. The molecule has 102 valence electrons. The summed E-state index contributed by atoms with van der Waals surface area (Å²) in [5, 5.41) is 18.6. The normalized spacial score (nSPS) is 11.7. The number of halogens is 2. The highest BCUT2D eigenvalue weighted by molar-refractivity contribution is 9.10. The predicted octanol–water partition coefficient (Wildman–Crippen LogP) is 3.57. The first kappa shape index (κ1) is 14.5. The molecule has 1 unspecified atom stereocenters. The van der Waals surface area contributed by atoms with Crippen molar-refractivity contribution in [2.75, 3.05) is 6.61 Å². The fourth-order valence-corrected chi connectivity index (χ4v) is 1.97. The van der Waals surface area contributed by atoms with E-state index in [0.717, 1.165) is 0 Å². The molecule has 0 bridgehead atoms. The van der Waals surface area contributed by atoms with Gasteiger partial charge in [-0.15, -0.1) is 0 Å². The molecule has 1 N–H and O–H groups in total. The van der Waals surface area contributed by atoms with Crippen LogP contribution in [-0.2, 0) is 0 Å². The van der Waals surface area contributed by atoms with E-state index in [9.17, 15) is 9.50 Å². The highest BCUT2D eigenvalue weighted by Gasteiger charge is 2.10. The van der Waals surface area contributed by atoms with Crippen molar-refractivity contribution in [1.82, 2.24) is 0 Å². The molecular formula is C15H11BrFNO2. The Hall–Kier alpha value is -1.90. The Morgan fingerprint density at radius 3 is 2.55 bits per heavy atom. The number of nitrogens with zero attached hydrogens (tertiary/aromatic N) is 1. The lowest BCUT2D eigenvalue weighted by atomic mass is 10.1. The third-order valence-electron chi connectivity index (χ3n) is 2.72. The minimum absolute atomic E-state index is 0.0650. The average molecular weight is 336 g/mol. The van der Waals surface area contributed by atoms with Gasteiger partial charge in [0, 0.05) is 4.47 Å². The molecule has 1 atom stereocenters. The third-order valence-corrected chi connectivity index (χ3v) is 3.21. The van der Waals surface area contributed by atoms with Crippen LogP contribution >= 0.6 is 15.9 Å². The summed E-state index contributed by atoms with van der Waals surface area (Å²) in [4.78, 5) is 0. The first-order valence-corrected chi connectivity index (χ1v) is 6.65. The van der Waals surface area contributed by atoms with Gasteiger partial charge in [-0.25, -0.2) is 4.39 Å². The summed E-state index contributed by atoms with van der Waals surface area (Å²) >= 11 is 3.16.